The molecule has 1 aliphatic rings. The molecule has 0 aliphatic carbocycles. The van der Waals surface area contributed by atoms with Crippen molar-refractivity contribution in [3.8, 4) is 11.8 Å². The summed E-state index contributed by atoms with van der Waals surface area (Å²) in [6, 6.07) is 13.3. The summed E-state index contributed by atoms with van der Waals surface area (Å²) >= 11 is 0. The molecule has 0 spiro atoms. The quantitative estimate of drug-likeness (QED) is 0.801. The number of rotatable bonds is 4. The lowest BCUT2D eigenvalue weighted by Gasteiger charge is -2.26. The molecular weight excluding hydrogens is 354 g/mol. The normalized spacial score (nSPS) is 16.2. The number of amides is 1. The molecule has 1 heterocycles. The van der Waals surface area contributed by atoms with Gasteiger partial charge in [-0.2, -0.15) is 5.26 Å². The van der Waals surface area contributed by atoms with Crippen molar-refractivity contribution in [1.29, 1.82) is 5.26 Å². The van der Waals surface area contributed by atoms with Crippen molar-refractivity contribution in [2.24, 2.45) is 0 Å². The van der Waals surface area contributed by atoms with E-state index in [2.05, 4.69) is 36.3 Å². The zero-order valence-corrected chi connectivity index (χ0v) is 17.2. The Kier molecular flexibility index (Phi) is 5.35. The minimum absolute atomic E-state index is 0.120. The molecule has 27 heavy (non-hydrogen) atoms. The Balaban J connectivity index is 1.84. The van der Waals surface area contributed by atoms with Crippen molar-refractivity contribution >= 4 is 24.9 Å². The lowest BCUT2D eigenvalue weighted by atomic mass is 9.93. The molecular formula is C21H25N3O2Si. The molecule has 2 aromatic carbocycles. The Bertz CT molecular complexity index is 913. The highest BCUT2D eigenvalue weighted by Gasteiger charge is 2.27. The summed E-state index contributed by atoms with van der Waals surface area (Å²) in [5.41, 5.74) is 3.40. The second kappa shape index (κ2) is 7.55. The van der Waals surface area contributed by atoms with Gasteiger partial charge in [0.15, 0.2) is 0 Å². The van der Waals surface area contributed by atoms with E-state index in [9.17, 15) is 10.1 Å². The fourth-order valence-corrected chi connectivity index (χ4v) is 5.00. The Hall–Kier alpha value is -2.62. The van der Waals surface area contributed by atoms with Gasteiger partial charge in [0.25, 0.3) is 0 Å². The first-order valence-corrected chi connectivity index (χ1v) is 12.6. The summed E-state index contributed by atoms with van der Waals surface area (Å²) in [6.45, 7) is 7.35. The van der Waals surface area contributed by atoms with Crippen molar-refractivity contribution < 1.29 is 9.53 Å². The molecule has 1 amide bonds. The van der Waals surface area contributed by atoms with E-state index in [-0.39, 0.29) is 5.91 Å². The van der Waals surface area contributed by atoms with Crippen LogP contribution < -0.4 is 20.6 Å². The van der Waals surface area contributed by atoms with Crippen LogP contribution in [0.2, 0.25) is 19.6 Å². The van der Waals surface area contributed by atoms with E-state index in [0.717, 1.165) is 35.0 Å². The van der Waals surface area contributed by atoms with Gasteiger partial charge in [0.1, 0.15) is 11.8 Å². The Labute approximate surface area is 161 Å². The standard InChI is InChI=1S/C21H25N3O2Si/c1-26-17-6-7-18-14(12-17)9-10-23-20(18)21(25)24-16-5-8-19(27(2,3)4)15(11-16)13-22/h5-8,11-12,20,23H,9-10H2,1-4H3,(H,24,25)/t20-/m1/s1. The van der Waals surface area contributed by atoms with Crippen LogP contribution in [0.1, 0.15) is 22.7 Å². The lowest BCUT2D eigenvalue weighted by molar-refractivity contribution is -0.118. The minimum Gasteiger partial charge on any atom is -0.497 e. The summed E-state index contributed by atoms with van der Waals surface area (Å²) in [5, 5.41) is 16.9. The fourth-order valence-electron chi connectivity index (χ4n) is 3.49. The van der Waals surface area contributed by atoms with E-state index >= 15 is 0 Å². The van der Waals surface area contributed by atoms with Crippen molar-refractivity contribution in [3.63, 3.8) is 0 Å². The monoisotopic (exact) mass is 379 g/mol. The molecule has 5 nitrogen and oxygen atoms in total. The van der Waals surface area contributed by atoms with Gasteiger partial charge in [-0.1, -0.05) is 31.8 Å². The minimum atomic E-state index is -1.61. The van der Waals surface area contributed by atoms with Crippen LogP contribution in [0.25, 0.3) is 0 Å². The van der Waals surface area contributed by atoms with Crippen LogP contribution in [0, 0.1) is 11.3 Å². The Morgan fingerprint density at radius 2 is 2.04 bits per heavy atom. The van der Waals surface area contributed by atoms with Crippen LogP contribution in [0.15, 0.2) is 36.4 Å². The van der Waals surface area contributed by atoms with Gasteiger partial charge in [0.05, 0.1) is 26.8 Å². The number of hydrogen-bond donors (Lipinski definition) is 2. The molecule has 0 aromatic heterocycles. The third-order valence-corrected chi connectivity index (χ3v) is 6.93. The molecule has 0 unspecified atom stereocenters. The summed E-state index contributed by atoms with van der Waals surface area (Å²) < 4.78 is 5.29. The van der Waals surface area contributed by atoms with E-state index < -0.39 is 14.1 Å². The second-order valence-corrected chi connectivity index (χ2v) is 12.9. The van der Waals surface area contributed by atoms with Crippen molar-refractivity contribution in [2.45, 2.75) is 32.1 Å². The van der Waals surface area contributed by atoms with Gasteiger partial charge >= 0.3 is 0 Å². The number of nitriles is 1. The average molecular weight is 380 g/mol. The maximum atomic E-state index is 12.9. The van der Waals surface area contributed by atoms with Gasteiger partial charge in [-0.25, -0.2) is 0 Å². The molecule has 6 heteroatoms. The van der Waals surface area contributed by atoms with Crippen LogP contribution in [0.5, 0.6) is 5.75 Å². The molecule has 0 fully saturated rings. The van der Waals surface area contributed by atoms with Gasteiger partial charge in [-0.3, -0.25) is 4.79 Å². The van der Waals surface area contributed by atoms with E-state index in [1.54, 1.807) is 13.2 Å². The third-order valence-electron chi connectivity index (χ3n) is 4.88. The number of anilines is 1. The lowest BCUT2D eigenvalue weighted by Crippen LogP contribution is -2.40. The number of carbonyl (C=O) groups is 1. The Morgan fingerprint density at radius 3 is 2.70 bits per heavy atom. The third kappa shape index (κ3) is 4.05. The topological polar surface area (TPSA) is 74.2 Å². The number of ether oxygens (including phenoxy) is 1. The molecule has 0 radical (unpaired) electrons. The number of fused-ring (bicyclic) bond motifs is 1. The highest BCUT2D eigenvalue weighted by molar-refractivity contribution is 6.89. The molecule has 3 rings (SSSR count). The van der Waals surface area contributed by atoms with E-state index in [4.69, 9.17) is 4.74 Å². The maximum absolute atomic E-state index is 12.9. The van der Waals surface area contributed by atoms with E-state index in [1.165, 1.54) is 0 Å². The van der Waals surface area contributed by atoms with Crippen LogP contribution in [-0.4, -0.2) is 27.6 Å². The average Bonchev–Trinajstić information content (AvgIpc) is 2.65. The summed E-state index contributed by atoms with van der Waals surface area (Å²) in [4.78, 5) is 12.9. The maximum Gasteiger partial charge on any atom is 0.246 e. The summed E-state index contributed by atoms with van der Waals surface area (Å²) in [6.07, 6.45) is 0.861. The zero-order chi connectivity index (χ0) is 19.6. The SMILES string of the molecule is COc1ccc2c(c1)CCN[C@H]2C(=O)Nc1ccc([Si](C)(C)C)c(C#N)c1. The zero-order valence-electron chi connectivity index (χ0n) is 16.2. The highest BCUT2D eigenvalue weighted by atomic mass is 28.3. The molecule has 1 aliphatic heterocycles. The summed E-state index contributed by atoms with van der Waals surface area (Å²) in [7, 11) is 0.0328. The molecule has 2 aromatic rings. The number of hydrogen-bond acceptors (Lipinski definition) is 4. The van der Waals surface area contributed by atoms with Gasteiger partial charge in [0.2, 0.25) is 5.91 Å². The van der Waals surface area contributed by atoms with E-state index in [1.807, 2.05) is 30.3 Å². The second-order valence-electron chi connectivity index (χ2n) is 7.81. The van der Waals surface area contributed by atoms with Crippen molar-refractivity contribution in [1.82, 2.24) is 5.32 Å². The number of nitrogens with zero attached hydrogens (tertiary/aromatic N) is 1. The van der Waals surface area contributed by atoms with Gasteiger partial charge in [0, 0.05) is 12.2 Å². The van der Waals surface area contributed by atoms with Crippen LogP contribution in [0.3, 0.4) is 0 Å². The van der Waals surface area contributed by atoms with Crippen LogP contribution >= 0.6 is 0 Å². The smallest absolute Gasteiger partial charge is 0.246 e. The molecule has 1 atom stereocenters. The number of benzene rings is 2. The van der Waals surface area contributed by atoms with Gasteiger partial charge in [-0.05, 0) is 47.0 Å². The predicted molar refractivity (Wildman–Crippen MR) is 110 cm³/mol. The first kappa shape index (κ1) is 19.1. The Morgan fingerprint density at radius 1 is 1.26 bits per heavy atom. The van der Waals surface area contributed by atoms with Gasteiger partial charge < -0.3 is 15.4 Å². The molecule has 0 bridgehead atoms. The number of nitrogens with one attached hydrogen (secondary N) is 2. The van der Waals surface area contributed by atoms with Crippen molar-refractivity contribution in [2.75, 3.05) is 19.0 Å². The van der Waals surface area contributed by atoms with E-state index in [0.29, 0.717) is 11.3 Å². The molecule has 140 valence electrons. The fraction of sp³-hybridized carbons (Fsp3) is 0.333. The van der Waals surface area contributed by atoms with Gasteiger partial charge in [-0.15, -0.1) is 0 Å². The predicted octanol–water partition coefficient (Wildman–Crippen LogP) is 2.94. The number of carbonyl (C=O) groups excluding carboxylic acids is 1. The molecule has 0 saturated carbocycles. The molecule has 0 saturated heterocycles. The number of methoxy groups -OCH3 is 1. The summed E-state index contributed by atoms with van der Waals surface area (Å²) in [5.74, 6) is 0.682. The first-order chi connectivity index (χ1) is 12.8. The van der Waals surface area contributed by atoms with Crippen LogP contribution in [-0.2, 0) is 11.2 Å². The van der Waals surface area contributed by atoms with Crippen molar-refractivity contribution in [3.05, 3.63) is 53.1 Å². The van der Waals surface area contributed by atoms with Crippen LogP contribution in [0.4, 0.5) is 5.69 Å². The first-order valence-electron chi connectivity index (χ1n) is 9.09. The largest absolute Gasteiger partial charge is 0.497 e. The highest BCUT2D eigenvalue weighted by Crippen LogP contribution is 2.28. The molecule has 2 N–H and O–H groups in total.